The van der Waals surface area contributed by atoms with Crippen molar-refractivity contribution in [1.82, 2.24) is 0 Å². The number of nitrogens with one attached hydrogen (secondary N) is 1. The molecule has 1 atom stereocenters. The van der Waals surface area contributed by atoms with Crippen LogP contribution in [-0.2, 0) is 9.73 Å². The van der Waals surface area contributed by atoms with Gasteiger partial charge in [-0.1, -0.05) is 0 Å². The summed E-state index contributed by atoms with van der Waals surface area (Å²) in [7, 11) is -3.17. The molecule has 0 aliphatic heterocycles. The van der Waals surface area contributed by atoms with E-state index >= 15 is 0 Å². The molecule has 6 heteroatoms. The molecule has 3 nitrogen and oxygen atoms in total. The number of hydrogen-bond donors (Lipinski definition) is 1. The van der Waals surface area contributed by atoms with Crippen LogP contribution in [0.1, 0.15) is 12.8 Å². The first-order valence-corrected chi connectivity index (χ1v) is 6.93. The number of nitriles is 1. The molecule has 1 aromatic carbocycles. The summed E-state index contributed by atoms with van der Waals surface area (Å²) in [5.74, 6) is -0.472. The number of hydrogen-bond acceptors (Lipinski definition) is 3. The van der Waals surface area contributed by atoms with Crippen LogP contribution in [0.4, 0.5) is 4.39 Å². The average molecular weight is 303 g/mol. The molecule has 0 spiro atoms. The van der Waals surface area contributed by atoms with Gasteiger partial charge in [-0.25, -0.2) is 13.4 Å². The summed E-state index contributed by atoms with van der Waals surface area (Å²) in [5, 5.41) is 8.94. The minimum Gasteiger partial charge on any atom is -0.248 e. The van der Waals surface area contributed by atoms with Crippen LogP contribution >= 0.6 is 15.9 Å². The van der Waals surface area contributed by atoms with Gasteiger partial charge in [0.1, 0.15) is 10.6 Å². The predicted molar refractivity (Wildman–Crippen MR) is 60.8 cm³/mol. The van der Waals surface area contributed by atoms with E-state index in [-0.39, 0.29) is 9.37 Å². The van der Waals surface area contributed by atoms with E-state index in [9.17, 15) is 8.60 Å². The molecule has 1 aromatic rings. The summed E-state index contributed by atoms with van der Waals surface area (Å²) < 4.78 is 32.2. The molecule has 16 heavy (non-hydrogen) atoms. The smallest absolute Gasteiger partial charge is 0.144 e. The Morgan fingerprint density at radius 2 is 2.19 bits per heavy atom. The van der Waals surface area contributed by atoms with Crippen LogP contribution in [0.3, 0.4) is 0 Å². The minimum atomic E-state index is -3.17. The second kappa shape index (κ2) is 3.54. The minimum absolute atomic E-state index is 0.165. The lowest BCUT2D eigenvalue weighted by Crippen LogP contribution is -2.19. The summed E-state index contributed by atoms with van der Waals surface area (Å²) in [5.41, 5.74) is 0. The van der Waals surface area contributed by atoms with Crippen molar-refractivity contribution in [3.8, 4) is 6.07 Å². The molecule has 1 aliphatic carbocycles. The van der Waals surface area contributed by atoms with E-state index < -0.39 is 20.3 Å². The van der Waals surface area contributed by atoms with Gasteiger partial charge in [0.25, 0.3) is 0 Å². The molecule has 1 aliphatic rings. The molecule has 1 fully saturated rings. The van der Waals surface area contributed by atoms with Crippen molar-refractivity contribution in [3.63, 3.8) is 0 Å². The number of benzene rings is 1. The fraction of sp³-hybridized carbons (Fsp3) is 0.300. The van der Waals surface area contributed by atoms with Crippen molar-refractivity contribution in [3.05, 3.63) is 28.5 Å². The molecule has 84 valence electrons. The molecule has 0 amide bonds. The third-order valence-electron chi connectivity index (χ3n) is 2.68. The Kier molecular flexibility index (Phi) is 2.55. The van der Waals surface area contributed by atoms with Crippen molar-refractivity contribution in [2.24, 2.45) is 0 Å². The maximum Gasteiger partial charge on any atom is 0.144 e. The van der Waals surface area contributed by atoms with Crippen molar-refractivity contribution in [1.29, 1.82) is 10.0 Å². The molecule has 0 bridgehead atoms. The first-order valence-electron chi connectivity index (χ1n) is 4.58. The Hall–Kier alpha value is -0.930. The van der Waals surface area contributed by atoms with Crippen LogP contribution in [-0.4, -0.2) is 8.96 Å². The summed E-state index contributed by atoms with van der Waals surface area (Å²) in [4.78, 5) is 0.208. The molecule has 0 radical (unpaired) electrons. The average Bonchev–Trinajstić information content (AvgIpc) is 3.02. The topological polar surface area (TPSA) is 64.7 Å². The lowest BCUT2D eigenvalue weighted by atomic mass is 10.3. The Morgan fingerprint density at radius 1 is 1.56 bits per heavy atom. The summed E-state index contributed by atoms with van der Waals surface area (Å²) in [6, 6.07) is 5.74. The van der Waals surface area contributed by atoms with E-state index in [1.54, 1.807) is 0 Å². The number of nitrogens with zero attached hydrogens (tertiary/aromatic N) is 1. The summed E-state index contributed by atoms with van der Waals surface area (Å²) in [6.07, 6.45) is 0.946. The highest BCUT2D eigenvalue weighted by molar-refractivity contribution is 9.10. The van der Waals surface area contributed by atoms with Gasteiger partial charge < -0.3 is 0 Å². The summed E-state index contributed by atoms with van der Waals surface area (Å²) >= 11 is 2.98. The van der Waals surface area contributed by atoms with Crippen LogP contribution in [0.2, 0.25) is 0 Å². The van der Waals surface area contributed by atoms with Crippen molar-refractivity contribution in [2.75, 3.05) is 0 Å². The maximum atomic E-state index is 13.0. The molecule has 1 N–H and O–H groups in total. The van der Waals surface area contributed by atoms with Crippen LogP contribution in [0.5, 0.6) is 0 Å². The van der Waals surface area contributed by atoms with Crippen molar-refractivity contribution < 1.29 is 8.60 Å². The van der Waals surface area contributed by atoms with Gasteiger partial charge >= 0.3 is 0 Å². The van der Waals surface area contributed by atoms with Crippen LogP contribution in [0.25, 0.3) is 0 Å². The second-order valence-corrected chi connectivity index (χ2v) is 6.96. The summed E-state index contributed by atoms with van der Waals surface area (Å²) in [6.45, 7) is 0. The van der Waals surface area contributed by atoms with Crippen molar-refractivity contribution in [2.45, 2.75) is 22.5 Å². The molecule has 1 saturated carbocycles. The molecular formula is C10H8BrFN2OS. The highest BCUT2D eigenvalue weighted by atomic mass is 79.9. The van der Waals surface area contributed by atoms with E-state index in [0.29, 0.717) is 12.8 Å². The van der Waals surface area contributed by atoms with Crippen LogP contribution in [0.15, 0.2) is 27.6 Å². The maximum absolute atomic E-state index is 13.0. The van der Waals surface area contributed by atoms with Gasteiger partial charge in [0.05, 0.1) is 25.2 Å². The third-order valence-corrected chi connectivity index (χ3v) is 5.81. The van der Waals surface area contributed by atoms with E-state index in [1.165, 1.54) is 12.1 Å². The highest BCUT2D eigenvalue weighted by Gasteiger charge is 2.53. The lowest BCUT2D eigenvalue weighted by molar-refractivity contribution is 0.619. The zero-order valence-corrected chi connectivity index (χ0v) is 10.6. The van der Waals surface area contributed by atoms with Gasteiger partial charge in [0.2, 0.25) is 0 Å². The predicted octanol–water partition coefficient (Wildman–Crippen LogP) is 3.05. The largest absolute Gasteiger partial charge is 0.248 e. The van der Waals surface area contributed by atoms with Crippen LogP contribution in [0, 0.1) is 21.9 Å². The Morgan fingerprint density at radius 3 is 2.62 bits per heavy atom. The zero-order chi connectivity index (χ0) is 12.0. The lowest BCUT2D eigenvalue weighted by Gasteiger charge is -2.12. The first-order chi connectivity index (χ1) is 7.43. The van der Waals surface area contributed by atoms with Gasteiger partial charge in [-0.3, -0.25) is 0 Å². The van der Waals surface area contributed by atoms with E-state index in [1.807, 2.05) is 6.07 Å². The third kappa shape index (κ3) is 1.55. The molecule has 0 aromatic heterocycles. The fourth-order valence-electron chi connectivity index (χ4n) is 1.46. The van der Waals surface area contributed by atoms with Gasteiger partial charge in [-0.15, -0.1) is 0 Å². The van der Waals surface area contributed by atoms with Gasteiger partial charge in [0.15, 0.2) is 0 Å². The molecular weight excluding hydrogens is 295 g/mol. The molecule has 0 saturated heterocycles. The van der Waals surface area contributed by atoms with Gasteiger partial charge in [0, 0.05) is 0 Å². The van der Waals surface area contributed by atoms with Gasteiger partial charge in [-0.05, 0) is 47.0 Å². The Bertz CT molecular complexity index is 587. The standard InChI is InChI=1S/C10H8BrFN2OS/c11-8-5-7(1-2-9(8)12)16(14,15)10(6-13)3-4-10/h1-2,5,14H,3-4H2. The number of halogens is 2. The van der Waals surface area contributed by atoms with Gasteiger partial charge in [-0.2, -0.15) is 5.26 Å². The quantitative estimate of drug-likeness (QED) is 0.912. The Labute approximate surface area is 101 Å². The van der Waals surface area contributed by atoms with E-state index in [0.717, 1.165) is 6.07 Å². The van der Waals surface area contributed by atoms with E-state index in [4.69, 9.17) is 10.0 Å². The second-order valence-electron chi connectivity index (χ2n) is 3.74. The first kappa shape index (κ1) is 11.6. The van der Waals surface area contributed by atoms with Crippen molar-refractivity contribution >= 4 is 25.7 Å². The fourth-order valence-corrected chi connectivity index (χ4v) is 3.79. The number of rotatable bonds is 2. The van der Waals surface area contributed by atoms with E-state index in [2.05, 4.69) is 15.9 Å². The molecule has 1 unspecified atom stereocenters. The molecule has 2 rings (SSSR count). The highest BCUT2D eigenvalue weighted by Crippen LogP contribution is 2.46. The monoisotopic (exact) mass is 302 g/mol. The normalized spacial score (nSPS) is 20.8. The Balaban J connectivity index is 2.54. The zero-order valence-electron chi connectivity index (χ0n) is 8.17. The SMILES string of the molecule is N#CC1(S(=N)(=O)c2ccc(F)c(Br)c2)CC1. The molecule has 0 heterocycles. The van der Waals surface area contributed by atoms with Crippen LogP contribution < -0.4 is 0 Å².